The second-order valence-corrected chi connectivity index (χ2v) is 4.60. The smallest absolute Gasteiger partial charge is 0.328 e. The first-order chi connectivity index (χ1) is 7.56. The third-order valence-electron chi connectivity index (χ3n) is 2.90. The predicted molar refractivity (Wildman–Crippen MR) is 58.9 cm³/mol. The van der Waals surface area contributed by atoms with Gasteiger partial charge in [-0.2, -0.15) is 5.10 Å². The van der Waals surface area contributed by atoms with Gasteiger partial charge in [-0.1, -0.05) is 11.6 Å². The number of hydrogen-bond acceptors (Lipinski definition) is 4. The Morgan fingerprint density at radius 3 is 2.94 bits per heavy atom. The molecule has 1 aromatic rings. The van der Waals surface area contributed by atoms with Crippen molar-refractivity contribution in [2.24, 2.45) is 11.7 Å². The minimum absolute atomic E-state index is 0.183. The van der Waals surface area contributed by atoms with Crippen molar-refractivity contribution in [2.75, 3.05) is 7.11 Å². The van der Waals surface area contributed by atoms with E-state index in [9.17, 15) is 4.79 Å². The van der Waals surface area contributed by atoms with Crippen molar-refractivity contribution in [3.63, 3.8) is 0 Å². The fourth-order valence-electron chi connectivity index (χ4n) is 1.84. The lowest BCUT2D eigenvalue weighted by Gasteiger charge is -2.26. The van der Waals surface area contributed by atoms with Crippen molar-refractivity contribution >= 4 is 17.6 Å². The van der Waals surface area contributed by atoms with E-state index < -0.39 is 5.54 Å². The molecule has 2 N–H and O–H groups in total. The minimum Gasteiger partial charge on any atom is -0.468 e. The van der Waals surface area contributed by atoms with Gasteiger partial charge >= 0.3 is 5.97 Å². The summed E-state index contributed by atoms with van der Waals surface area (Å²) in [7, 11) is 1.35. The zero-order valence-corrected chi connectivity index (χ0v) is 9.78. The SMILES string of the molecule is COC(=O)C(N)(Cn1cc(Cl)cn1)C1CC1. The Morgan fingerprint density at radius 1 is 1.81 bits per heavy atom. The molecule has 6 heteroatoms. The Labute approximate surface area is 98.5 Å². The molecule has 0 bridgehead atoms. The van der Waals surface area contributed by atoms with Gasteiger partial charge in [0.05, 0.1) is 24.9 Å². The number of aromatic nitrogens is 2. The van der Waals surface area contributed by atoms with Crippen molar-refractivity contribution in [2.45, 2.75) is 24.9 Å². The van der Waals surface area contributed by atoms with Crippen molar-refractivity contribution in [1.29, 1.82) is 0 Å². The summed E-state index contributed by atoms with van der Waals surface area (Å²) in [5, 5.41) is 4.56. The Hall–Kier alpha value is -1.07. The summed E-state index contributed by atoms with van der Waals surface area (Å²) >= 11 is 5.76. The molecule has 1 aromatic heterocycles. The standard InChI is InChI=1S/C10H14ClN3O2/c1-16-9(15)10(12,7-2-3-7)6-14-5-8(11)4-13-14/h4-5,7H,2-3,6,12H2,1H3. The number of nitrogens with zero attached hydrogens (tertiary/aromatic N) is 2. The van der Waals surface area contributed by atoms with Crippen LogP contribution in [0.15, 0.2) is 12.4 Å². The predicted octanol–water partition coefficient (Wildman–Crippen LogP) is 0.817. The molecule has 0 aromatic carbocycles. The number of halogens is 1. The summed E-state index contributed by atoms with van der Waals surface area (Å²) in [6, 6.07) is 0. The van der Waals surface area contributed by atoms with Crippen LogP contribution in [-0.4, -0.2) is 28.4 Å². The summed E-state index contributed by atoms with van der Waals surface area (Å²) in [6.07, 6.45) is 5.09. The number of hydrogen-bond donors (Lipinski definition) is 1. The maximum absolute atomic E-state index is 11.7. The van der Waals surface area contributed by atoms with Crippen LogP contribution in [0, 0.1) is 5.92 Å². The van der Waals surface area contributed by atoms with Gasteiger partial charge in [0.1, 0.15) is 5.54 Å². The number of ether oxygens (including phenoxy) is 1. The summed E-state index contributed by atoms with van der Waals surface area (Å²) in [4.78, 5) is 11.7. The minimum atomic E-state index is -0.982. The third-order valence-corrected chi connectivity index (χ3v) is 3.09. The highest BCUT2D eigenvalue weighted by molar-refractivity contribution is 6.30. The number of carbonyl (C=O) groups excluding carboxylic acids is 1. The maximum atomic E-state index is 11.7. The lowest BCUT2D eigenvalue weighted by molar-refractivity contribution is -0.148. The number of esters is 1. The first-order valence-corrected chi connectivity index (χ1v) is 5.49. The van der Waals surface area contributed by atoms with Crippen LogP contribution in [0.2, 0.25) is 5.02 Å². The molecule has 1 heterocycles. The van der Waals surface area contributed by atoms with E-state index in [1.807, 2.05) is 0 Å². The van der Waals surface area contributed by atoms with E-state index in [0.717, 1.165) is 12.8 Å². The van der Waals surface area contributed by atoms with Crippen LogP contribution in [0.5, 0.6) is 0 Å². The largest absolute Gasteiger partial charge is 0.468 e. The topological polar surface area (TPSA) is 70.1 Å². The lowest BCUT2D eigenvalue weighted by Crippen LogP contribution is -2.54. The summed E-state index contributed by atoms with van der Waals surface area (Å²) < 4.78 is 6.34. The Bertz CT molecular complexity index is 403. The molecule has 0 aliphatic heterocycles. The average molecular weight is 244 g/mol. The molecule has 5 nitrogen and oxygen atoms in total. The lowest BCUT2D eigenvalue weighted by atomic mass is 9.94. The molecule has 16 heavy (non-hydrogen) atoms. The van der Waals surface area contributed by atoms with Crippen LogP contribution in [0.4, 0.5) is 0 Å². The monoisotopic (exact) mass is 243 g/mol. The number of carbonyl (C=O) groups is 1. The zero-order valence-electron chi connectivity index (χ0n) is 9.02. The van der Waals surface area contributed by atoms with E-state index in [2.05, 4.69) is 5.10 Å². The zero-order chi connectivity index (χ0) is 11.8. The van der Waals surface area contributed by atoms with Crippen molar-refractivity contribution < 1.29 is 9.53 Å². The highest BCUT2D eigenvalue weighted by Crippen LogP contribution is 2.39. The molecule has 88 valence electrons. The third kappa shape index (κ3) is 2.05. The van der Waals surface area contributed by atoms with Gasteiger partial charge < -0.3 is 10.5 Å². The van der Waals surface area contributed by atoms with E-state index in [1.165, 1.54) is 13.3 Å². The Balaban J connectivity index is 2.17. The van der Waals surface area contributed by atoms with Gasteiger partial charge in [-0.25, -0.2) is 4.79 Å². The summed E-state index contributed by atoms with van der Waals surface area (Å²) in [5.41, 5.74) is 5.14. The van der Waals surface area contributed by atoms with E-state index >= 15 is 0 Å². The van der Waals surface area contributed by atoms with E-state index in [0.29, 0.717) is 11.6 Å². The molecule has 1 aliphatic rings. The number of nitrogens with two attached hydrogens (primary N) is 1. The second kappa shape index (κ2) is 4.07. The molecule has 1 saturated carbocycles. The van der Waals surface area contributed by atoms with Crippen molar-refractivity contribution in [3.8, 4) is 0 Å². The van der Waals surface area contributed by atoms with Crippen LogP contribution in [0.25, 0.3) is 0 Å². The quantitative estimate of drug-likeness (QED) is 0.795. The van der Waals surface area contributed by atoms with E-state index in [1.54, 1.807) is 10.9 Å². The normalized spacial score (nSPS) is 19.2. The average Bonchev–Trinajstić information content (AvgIpc) is 3.03. The van der Waals surface area contributed by atoms with Crippen LogP contribution < -0.4 is 5.73 Å². The summed E-state index contributed by atoms with van der Waals surface area (Å²) in [6.45, 7) is 0.303. The molecular weight excluding hydrogens is 230 g/mol. The highest BCUT2D eigenvalue weighted by Gasteiger charge is 2.49. The molecule has 2 rings (SSSR count). The first kappa shape index (κ1) is 11.4. The van der Waals surface area contributed by atoms with E-state index in [4.69, 9.17) is 22.1 Å². The summed E-state index contributed by atoms with van der Waals surface area (Å²) in [5.74, 6) is -0.204. The number of methoxy groups -OCH3 is 1. The molecule has 1 atom stereocenters. The van der Waals surface area contributed by atoms with Crippen LogP contribution in [0.1, 0.15) is 12.8 Å². The van der Waals surface area contributed by atoms with Gasteiger partial charge in [0.15, 0.2) is 0 Å². The van der Waals surface area contributed by atoms with Crippen molar-refractivity contribution in [1.82, 2.24) is 9.78 Å². The van der Waals surface area contributed by atoms with Gasteiger partial charge in [0.2, 0.25) is 0 Å². The van der Waals surface area contributed by atoms with Crippen LogP contribution in [0.3, 0.4) is 0 Å². The Kier molecular flexibility index (Phi) is 2.90. The fourth-order valence-corrected chi connectivity index (χ4v) is 2.00. The first-order valence-electron chi connectivity index (χ1n) is 5.11. The van der Waals surface area contributed by atoms with Gasteiger partial charge in [-0.3, -0.25) is 4.68 Å². The maximum Gasteiger partial charge on any atom is 0.328 e. The molecule has 1 aliphatic carbocycles. The van der Waals surface area contributed by atoms with Crippen LogP contribution in [-0.2, 0) is 16.1 Å². The van der Waals surface area contributed by atoms with E-state index in [-0.39, 0.29) is 11.9 Å². The van der Waals surface area contributed by atoms with Gasteiger partial charge in [0.25, 0.3) is 0 Å². The fraction of sp³-hybridized carbons (Fsp3) is 0.600. The molecule has 1 fully saturated rings. The molecule has 0 radical (unpaired) electrons. The highest BCUT2D eigenvalue weighted by atomic mass is 35.5. The molecule has 0 amide bonds. The molecular formula is C10H14ClN3O2. The second-order valence-electron chi connectivity index (χ2n) is 4.16. The van der Waals surface area contributed by atoms with Gasteiger partial charge in [0, 0.05) is 6.20 Å². The number of rotatable bonds is 4. The molecule has 0 saturated heterocycles. The van der Waals surface area contributed by atoms with Gasteiger partial charge in [-0.15, -0.1) is 0 Å². The van der Waals surface area contributed by atoms with Crippen molar-refractivity contribution in [3.05, 3.63) is 17.4 Å². The molecule has 0 spiro atoms. The van der Waals surface area contributed by atoms with Crippen LogP contribution >= 0.6 is 11.6 Å². The van der Waals surface area contributed by atoms with Gasteiger partial charge in [-0.05, 0) is 18.8 Å². The molecule has 1 unspecified atom stereocenters. The Morgan fingerprint density at radius 2 is 2.50 bits per heavy atom.